The predicted molar refractivity (Wildman–Crippen MR) is 52.2 cm³/mol. The Bertz CT molecular complexity index is 169. The Labute approximate surface area is 74.4 Å². The maximum absolute atomic E-state index is 5.61. The summed E-state index contributed by atoms with van der Waals surface area (Å²) in [6.07, 6.45) is 4.72. The molecule has 0 unspecified atom stereocenters. The molecular formula is C9H19N3. The predicted octanol–water partition coefficient (Wildman–Crippen LogP) is 1.24. The number of aliphatic imine (C=N–C) groups is 1. The van der Waals surface area contributed by atoms with Crippen LogP contribution in [-0.2, 0) is 0 Å². The van der Waals surface area contributed by atoms with Crippen molar-refractivity contribution in [2.75, 3.05) is 6.54 Å². The third-order valence-corrected chi connectivity index (χ3v) is 2.40. The summed E-state index contributed by atoms with van der Waals surface area (Å²) >= 11 is 0. The lowest BCUT2D eigenvalue weighted by atomic mass is 9.90. The second kappa shape index (κ2) is 3.78. The molecule has 1 aliphatic rings. The number of hydrogen-bond donors (Lipinski definition) is 2. The van der Waals surface area contributed by atoms with Crippen molar-refractivity contribution in [1.82, 2.24) is 5.32 Å². The van der Waals surface area contributed by atoms with E-state index in [0.29, 0.717) is 5.96 Å². The summed E-state index contributed by atoms with van der Waals surface area (Å²) in [6.45, 7) is 5.27. The van der Waals surface area contributed by atoms with Crippen molar-refractivity contribution in [3.8, 4) is 0 Å². The normalized spacial score (nSPS) is 20.3. The Kier molecular flexibility index (Phi) is 2.95. The van der Waals surface area contributed by atoms with Gasteiger partial charge in [-0.15, -0.1) is 0 Å². The van der Waals surface area contributed by atoms with E-state index in [1.165, 1.54) is 25.7 Å². The van der Waals surface area contributed by atoms with Gasteiger partial charge in [-0.2, -0.15) is 0 Å². The smallest absolute Gasteiger partial charge is 0.189 e. The molecule has 12 heavy (non-hydrogen) atoms. The fraction of sp³-hybridized carbons (Fsp3) is 0.889. The van der Waals surface area contributed by atoms with E-state index in [9.17, 15) is 0 Å². The Morgan fingerprint density at radius 3 is 2.33 bits per heavy atom. The van der Waals surface area contributed by atoms with Crippen molar-refractivity contribution < 1.29 is 0 Å². The molecule has 1 rings (SSSR count). The van der Waals surface area contributed by atoms with Gasteiger partial charge in [0.25, 0.3) is 0 Å². The van der Waals surface area contributed by atoms with E-state index >= 15 is 0 Å². The fourth-order valence-corrected chi connectivity index (χ4v) is 1.95. The second-order valence-corrected chi connectivity index (χ2v) is 3.61. The highest BCUT2D eigenvalue weighted by molar-refractivity contribution is 5.80. The first-order chi connectivity index (χ1) is 5.72. The minimum atomic E-state index is 0.188. The minimum absolute atomic E-state index is 0.188. The summed E-state index contributed by atoms with van der Waals surface area (Å²) in [4.78, 5) is 4.21. The summed E-state index contributed by atoms with van der Waals surface area (Å²) < 4.78 is 0. The molecule has 3 nitrogen and oxygen atoms in total. The number of hydrogen-bond acceptors (Lipinski definition) is 3. The third-order valence-electron chi connectivity index (χ3n) is 2.40. The number of guanidine groups is 1. The SMILES string of the molecule is CCCC1(CCC)CN=C(N)N1. The van der Waals surface area contributed by atoms with E-state index in [2.05, 4.69) is 24.2 Å². The molecule has 70 valence electrons. The summed E-state index contributed by atoms with van der Waals surface area (Å²) in [6, 6.07) is 0. The Hall–Kier alpha value is -0.730. The lowest BCUT2D eigenvalue weighted by Crippen LogP contribution is -2.47. The van der Waals surface area contributed by atoms with Gasteiger partial charge in [0.05, 0.1) is 12.1 Å². The summed E-state index contributed by atoms with van der Waals surface area (Å²) in [5, 5.41) is 3.30. The third kappa shape index (κ3) is 1.90. The summed E-state index contributed by atoms with van der Waals surface area (Å²) in [7, 11) is 0. The topological polar surface area (TPSA) is 50.4 Å². The summed E-state index contributed by atoms with van der Waals surface area (Å²) in [5.41, 5.74) is 5.80. The Morgan fingerprint density at radius 1 is 1.42 bits per heavy atom. The Balaban J connectivity index is 2.51. The molecule has 0 radical (unpaired) electrons. The average molecular weight is 169 g/mol. The van der Waals surface area contributed by atoms with E-state index in [4.69, 9.17) is 5.73 Å². The number of rotatable bonds is 4. The van der Waals surface area contributed by atoms with Crippen LogP contribution in [0.4, 0.5) is 0 Å². The number of nitrogens with zero attached hydrogens (tertiary/aromatic N) is 1. The van der Waals surface area contributed by atoms with Crippen molar-refractivity contribution in [1.29, 1.82) is 0 Å². The standard InChI is InChI=1S/C9H19N3/c1-3-5-9(6-4-2)7-11-8(10)12-9/h3-7H2,1-2H3,(H3,10,11,12). The van der Waals surface area contributed by atoms with Gasteiger partial charge in [-0.3, -0.25) is 4.99 Å². The average Bonchev–Trinajstić information content (AvgIpc) is 2.34. The molecule has 0 fully saturated rings. The van der Waals surface area contributed by atoms with Crippen LogP contribution >= 0.6 is 0 Å². The molecule has 1 heterocycles. The van der Waals surface area contributed by atoms with Crippen molar-refractivity contribution in [2.45, 2.75) is 45.1 Å². The highest BCUT2D eigenvalue weighted by Crippen LogP contribution is 2.22. The highest BCUT2D eigenvalue weighted by Gasteiger charge is 2.32. The largest absolute Gasteiger partial charge is 0.370 e. The van der Waals surface area contributed by atoms with Crippen LogP contribution in [0.3, 0.4) is 0 Å². The van der Waals surface area contributed by atoms with Crippen molar-refractivity contribution >= 4 is 5.96 Å². The van der Waals surface area contributed by atoms with Crippen LogP contribution in [0.2, 0.25) is 0 Å². The first-order valence-corrected chi connectivity index (χ1v) is 4.80. The number of nitrogens with one attached hydrogen (secondary N) is 1. The first-order valence-electron chi connectivity index (χ1n) is 4.80. The molecule has 0 atom stereocenters. The highest BCUT2D eigenvalue weighted by atomic mass is 15.2. The first kappa shape index (κ1) is 9.36. The molecule has 0 saturated carbocycles. The van der Waals surface area contributed by atoms with Crippen LogP contribution in [0.15, 0.2) is 4.99 Å². The molecule has 0 amide bonds. The fourth-order valence-electron chi connectivity index (χ4n) is 1.95. The molecular weight excluding hydrogens is 150 g/mol. The molecule has 0 bridgehead atoms. The molecule has 0 spiro atoms. The van der Waals surface area contributed by atoms with Crippen LogP contribution in [0.1, 0.15) is 39.5 Å². The molecule has 0 saturated heterocycles. The van der Waals surface area contributed by atoms with Crippen molar-refractivity contribution in [3.05, 3.63) is 0 Å². The van der Waals surface area contributed by atoms with Crippen LogP contribution in [0.5, 0.6) is 0 Å². The monoisotopic (exact) mass is 169 g/mol. The molecule has 3 heteroatoms. The van der Waals surface area contributed by atoms with E-state index in [1.807, 2.05) is 0 Å². The van der Waals surface area contributed by atoms with Gasteiger partial charge in [0, 0.05) is 0 Å². The second-order valence-electron chi connectivity index (χ2n) is 3.61. The van der Waals surface area contributed by atoms with Gasteiger partial charge in [-0.1, -0.05) is 26.7 Å². The van der Waals surface area contributed by atoms with E-state index in [1.54, 1.807) is 0 Å². The zero-order chi connectivity index (χ0) is 9.03. The van der Waals surface area contributed by atoms with Crippen molar-refractivity contribution in [2.24, 2.45) is 10.7 Å². The zero-order valence-corrected chi connectivity index (χ0v) is 8.06. The van der Waals surface area contributed by atoms with Gasteiger partial charge < -0.3 is 11.1 Å². The van der Waals surface area contributed by atoms with Crippen molar-refractivity contribution in [3.63, 3.8) is 0 Å². The van der Waals surface area contributed by atoms with Crippen LogP contribution in [0.25, 0.3) is 0 Å². The van der Waals surface area contributed by atoms with Gasteiger partial charge >= 0.3 is 0 Å². The molecule has 0 aromatic rings. The lowest BCUT2D eigenvalue weighted by molar-refractivity contribution is 0.347. The van der Waals surface area contributed by atoms with E-state index < -0.39 is 0 Å². The molecule has 0 aromatic carbocycles. The molecule has 3 N–H and O–H groups in total. The van der Waals surface area contributed by atoms with Gasteiger partial charge in [0.2, 0.25) is 0 Å². The summed E-state index contributed by atoms with van der Waals surface area (Å²) in [5.74, 6) is 0.622. The van der Waals surface area contributed by atoms with E-state index in [-0.39, 0.29) is 5.54 Å². The zero-order valence-electron chi connectivity index (χ0n) is 8.06. The quantitative estimate of drug-likeness (QED) is 0.665. The molecule has 0 aliphatic carbocycles. The maximum atomic E-state index is 5.61. The van der Waals surface area contributed by atoms with Gasteiger partial charge in [0.1, 0.15) is 0 Å². The minimum Gasteiger partial charge on any atom is -0.370 e. The van der Waals surface area contributed by atoms with Gasteiger partial charge in [0.15, 0.2) is 5.96 Å². The molecule has 1 aliphatic heterocycles. The maximum Gasteiger partial charge on any atom is 0.189 e. The Morgan fingerprint density at radius 2 is 2.00 bits per heavy atom. The van der Waals surface area contributed by atoms with E-state index in [0.717, 1.165) is 6.54 Å². The number of nitrogens with two attached hydrogens (primary N) is 1. The van der Waals surface area contributed by atoms with Gasteiger partial charge in [-0.05, 0) is 12.8 Å². The van der Waals surface area contributed by atoms with Gasteiger partial charge in [-0.25, -0.2) is 0 Å². The van der Waals surface area contributed by atoms with Crippen LogP contribution < -0.4 is 11.1 Å². The lowest BCUT2D eigenvalue weighted by Gasteiger charge is -2.28. The molecule has 0 aromatic heterocycles. The van der Waals surface area contributed by atoms with Crippen LogP contribution in [0, 0.1) is 0 Å². The van der Waals surface area contributed by atoms with Crippen LogP contribution in [-0.4, -0.2) is 18.0 Å².